The van der Waals surface area contributed by atoms with E-state index in [1.165, 1.54) is 5.56 Å². The van der Waals surface area contributed by atoms with E-state index in [0.29, 0.717) is 19.5 Å². The molecule has 0 aromatic heterocycles. The van der Waals surface area contributed by atoms with Gasteiger partial charge < -0.3 is 20.3 Å². The van der Waals surface area contributed by atoms with Crippen LogP contribution in [0.4, 0.5) is 5.69 Å². The zero-order valence-electron chi connectivity index (χ0n) is 17.2. The molecule has 1 aliphatic rings. The van der Waals surface area contributed by atoms with Crippen molar-refractivity contribution in [3.05, 3.63) is 59.2 Å². The molecule has 2 aromatic carbocycles. The first kappa shape index (κ1) is 23.0. The maximum Gasteiger partial charge on any atom is 0.227 e. The van der Waals surface area contributed by atoms with Crippen molar-refractivity contribution < 1.29 is 9.53 Å². The highest BCUT2D eigenvalue weighted by molar-refractivity contribution is 14.0. The number of methoxy groups -OCH3 is 1. The number of benzene rings is 2. The topological polar surface area (TPSA) is 66.0 Å². The second-order valence-corrected chi connectivity index (χ2v) is 6.91. The maximum absolute atomic E-state index is 11.8. The van der Waals surface area contributed by atoms with Crippen molar-refractivity contribution in [1.29, 1.82) is 0 Å². The number of hydrogen-bond donors (Lipinski definition) is 2. The van der Waals surface area contributed by atoms with Gasteiger partial charge in [-0.3, -0.25) is 9.79 Å². The molecule has 0 atom stereocenters. The third kappa shape index (κ3) is 6.09. The van der Waals surface area contributed by atoms with Gasteiger partial charge in [0.1, 0.15) is 5.75 Å². The van der Waals surface area contributed by atoms with Gasteiger partial charge in [-0.15, -0.1) is 24.0 Å². The summed E-state index contributed by atoms with van der Waals surface area (Å²) in [5.74, 6) is 1.80. The van der Waals surface area contributed by atoms with Crippen molar-refractivity contribution in [3.63, 3.8) is 0 Å². The number of halogens is 1. The van der Waals surface area contributed by atoms with E-state index in [9.17, 15) is 4.79 Å². The molecule has 2 aromatic rings. The maximum atomic E-state index is 11.8. The zero-order chi connectivity index (χ0) is 19.9. The van der Waals surface area contributed by atoms with Gasteiger partial charge >= 0.3 is 0 Å². The van der Waals surface area contributed by atoms with Gasteiger partial charge in [-0.05, 0) is 42.7 Å². The number of amides is 1. The second kappa shape index (κ2) is 11.0. The van der Waals surface area contributed by atoms with E-state index in [0.717, 1.165) is 41.5 Å². The van der Waals surface area contributed by atoms with Gasteiger partial charge in [-0.1, -0.05) is 24.3 Å². The Morgan fingerprint density at radius 3 is 2.48 bits per heavy atom. The van der Waals surface area contributed by atoms with Crippen molar-refractivity contribution in [3.8, 4) is 5.75 Å². The van der Waals surface area contributed by atoms with Gasteiger partial charge in [-0.25, -0.2) is 0 Å². The van der Waals surface area contributed by atoms with E-state index in [1.54, 1.807) is 14.2 Å². The molecule has 6 nitrogen and oxygen atoms in total. The van der Waals surface area contributed by atoms with Crippen molar-refractivity contribution in [2.24, 2.45) is 4.99 Å². The normalized spacial score (nSPS) is 13.8. The number of carbonyl (C=O) groups excluding carboxylic acids is 1. The number of hydrogen-bond acceptors (Lipinski definition) is 3. The molecule has 29 heavy (non-hydrogen) atoms. The van der Waals surface area contributed by atoms with Crippen molar-refractivity contribution in [1.82, 2.24) is 10.6 Å². The smallest absolute Gasteiger partial charge is 0.227 e. The molecule has 1 aliphatic heterocycles. The quantitative estimate of drug-likeness (QED) is 0.356. The zero-order valence-corrected chi connectivity index (χ0v) is 19.5. The molecule has 0 aliphatic carbocycles. The van der Waals surface area contributed by atoms with Crippen LogP contribution in [0, 0.1) is 6.92 Å². The van der Waals surface area contributed by atoms with E-state index in [4.69, 9.17) is 4.74 Å². The molecule has 0 bridgehead atoms. The minimum absolute atomic E-state index is 0. The molecule has 1 fully saturated rings. The minimum atomic E-state index is 0. The highest BCUT2D eigenvalue weighted by Gasteiger charge is 2.21. The molecule has 1 saturated heterocycles. The van der Waals surface area contributed by atoms with Crippen LogP contribution in [0.3, 0.4) is 0 Å². The molecule has 1 heterocycles. The van der Waals surface area contributed by atoms with Crippen molar-refractivity contribution in [2.75, 3.05) is 25.6 Å². The fourth-order valence-electron chi connectivity index (χ4n) is 3.30. The summed E-state index contributed by atoms with van der Waals surface area (Å²) in [6, 6.07) is 14.3. The standard InChI is InChI=1S/C22H28N4O2.HI/c1-16-6-9-18(20(13-16)28-3)15-25-22(23-2)24-14-17-7-10-19(11-8-17)26-12-4-5-21(26)27;/h6-11,13H,4-5,12,14-15H2,1-3H3,(H2,23,24,25);1H. The molecule has 0 radical (unpaired) electrons. The summed E-state index contributed by atoms with van der Waals surface area (Å²) >= 11 is 0. The number of carbonyl (C=O) groups is 1. The molecule has 156 valence electrons. The summed E-state index contributed by atoms with van der Waals surface area (Å²) in [6.45, 7) is 4.14. The Balaban J connectivity index is 0.00000300. The summed E-state index contributed by atoms with van der Waals surface area (Å²) in [6.07, 6.45) is 1.59. The van der Waals surface area contributed by atoms with Crippen LogP contribution < -0.4 is 20.3 Å². The third-order valence-electron chi connectivity index (χ3n) is 4.89. The van der Waals surface area contributed by atoms with Crippen molar-refractivity contribution >= 4 is 41.5 Å². The Hall–Kier alpha value is -2.29. The van der Waals surface area contributed by atoms with Gasteiger partial charge in [0, 0.05) is 44.4 Å². The SMILES string of the molecule is CN=C(NCc1ccc(N2CCCC2=O)cc1)NCc1ccc(C)cc1OC.I. The third-order valence-corrected chi connectivity index (χ3v) is 4.89. The van der Waals surface area contributed by atoms with Crippen LogP contribution in [0.1, 0.15) is 29.5 Å². The lowest BCUT2D eigenvalue weighted by atomic mass is 10.1. The van der Waals surface area contributed by atoms with Crippen LogP contribution in [0.5, 0.6) is 5.75 Å². The van der Waals surface area contributed by atoms with E-state index in [-0.39, 0.29) is 29.9 Å². The van der Waals surface area contributed by atoms with Gasteiger partial charge in [0.05, 0.1) is 7.11 Å². The fraction of sp³-hybridized carbons (Fsp3) is 0.364. The number of anilines is 1. The Bertz CT molecular complexity index is 852. The lowest BCUT2D eigenvalue weighted by Gasteiger charge is -2.17. The average molecular weight is 508 g/mol. The monoisotopic (exact) mass is 508 g/mol. The van der Waals surface area contributed by atoms with E-state index >= 15 is 0 Å². The Morgan fingerprint density at radius 2 is 1.86 bits per heavy atom. The van der Waals surface area contributed by atoms with Crippen LogP contribution in [-0.2, 0) is 17.9 Å². The molecule has 0 saturated carbocycles. The number of rotatable bonds is 6. The lowest BCUT2D eigenvalue weighted by molar-refractivity contribution is -0.117. The summed E-state index contributed by atoms with van der Waals surface area (Å²) in [5.41, 5.74) is 4.35. The number of aryl methyl sites for hydroxylation is 1. The first-order valence-corrected chi connectivity index (χ1v) is 9.58. The van der Waals surface area contributed by atoms with Crippen molar-refractivity contribution in [2.45, 2.75) is 32.9 Å². The van der Waals surface area contributed by atoms with Crippen LogP contribution >= 0.6 is 24.0 Å². The highest BCUT2D eigenvalue weighted by Crippen LogP contribution is 2.22. The molecule has 1 amide bonds. The molecular weight excluding hydrogens is 479 g/mol. The summed E-state index contributed by atoms with van der Waals surface area (Å²) in [4.78, 5) is 18.0. The Labute approximate surface area is 189 Å². The molecule has 3 rings (SSSR count). The average Bonchev–Trinajstić information content (AvgIpc) is 3.15. The first-order chi connectivity index (χ1) is 13.6. The number of nitrogens with one attached hydrogen (secondary N) is 2. The van der Waals surface area contributed by atoms with Crippen LogP contribution in [-0.4, -0.2) is 32.6 Å². The summed E-state index contributed by atoms with van der Waals surface area (Å²) < 4.78 is 5.45. The molecule has 0 unspecified atom stereocenters. The van der Waals surface area contributed by atoms with Crippen LogP contribution in [0.2, 0.25) is 0 Å². The van der Waals surface area contributed by atoms with E-state index < -0.39 is 0 Å². The van der Waals surface area contributed by atoms with Gasteiger partial charge in [0.2, 0.25) is 5.91 Å². The molecule has 0 spiro atoms. The Morgan fingerprint density at radius 1 is 1.14 bits per heavy atom. The highest BCUT2D eigenvalue weighted by atomic mass is 127. The fourth-order valence-corrected chi connectivity index (χ4v) is 3.30. The number of nitrogens with zero attached hydrogens (tertiary/aromatic N) is 2. The van der Waals surface area contributed by atoms with Crippen LogP contribution in [0.25, 0.3) is 0 Å². The molecule has 2 N–H and O–H groups in total. The van der Waals surface area contributed by atoms with Crippen LogP contribution in [0.15, 0.2) is 47.5 Å². The van der Waals surface area contributed by atoms with Gasteiger partial charge in [0.25, 0.3) is 0 Å². The predicted octanol–water partition coefficient (Wildman–Crippen LogP) is 3.61. The lowest BCUT2D eigenvalue weighted by Crippen LogP contribution is -2.36. The molecule has 7 heteroatoms. The van der Waals surface area contributed by atoms with E-state index in [2.05, 4.69) is 27.8 Å². The van der Waals surface area contributed by atoms with E-state index in [1.807, 2.05) is 42.2 Å². The second-order valence-electron chi connectivity index (χ2n) is 6.91. The summed E-state index contributed by atoms with van der Waals surface area (Å²) in [7, 11) is 3.44. The predicted molar refractivity (Wildman–Crippen MR) is 128 cm³/mol. The number of aliphatic imine (C=N–C) groups is 1. The van der Waals surface area contributed by atoms with Gasteiger partial charge in [-0.2, -0.15) is 0 Å². The largest absolute Gasteiger partial charge is 0.496 e. The van der Waals surface area contributed by atoms with Gasteiger partial charge in [0.15, 0.2) is 5.96 Å². The Kier molecular flexibility index (Phi) is 8.75. The number of ether oxygens (including phenoxy) is 1. The summed E-state index contributed by atoms with van der Waals surface area (Å²) in [5, 5.41) is 6.64. The first-order valence-electron chi connectivity index (χ1n) is 9.58. The minimum Gasteiger partial charge on any atom is -0.496 e. The number of guanidine groups is 1. The molecular formula is C22H29IN4O2.